The maximum atomic E-state index is 13.5. The highest BCUT2D eigenvalue weighted by Gasteiger charge is 2.28. The zero-order chi connectivity index (χ0) is 25.8. The molecule has 1 aromatic heterocycles. The summed E-state index contributed by atoms with van der Waals surface area (Å²) < 4.78 is 0.752. The summed E-state index contributed by atoms with van der Waals surface area (Å²) in [6.07, 6.45) is 0. The molecular weight excluding hydrogens is 526 g/mol. The molecule has 0 bridgehead atoms. The van der Waals surface area contributed by atoms with E-state index in [4.69, 9.17) is 5.73 Å². The molecule has 0 unspecified atom stereocenters. The quantitative estimate of drug-likeness (QED) is 0.194. The maximum absolute atomic E-state index is 13.5. The van der Waals surface area contributed by atoms with Crippen molar-refractivity contribution in [3.05, 3.63) is 136 Å². The summed E-state index contributed by atoms with van der Waals surface area (Å²) in [4.78, 5) is 29.9. The van der Waals surface area contributed by atoms with E-state index in [1.165, 1.54) is 0 Å². The third kappa shape index (κ3) is 5.10. The molecule has 0 spiro atoms. The fourth-order valence-electron chi connectivity index (χ4n) is 4.31. The van der Waals surface area contributed by atoms with Crippen LogP contribution in [0.4, 0.5) is 5.82 Å². The van der Waals surface area contributed by atoms with Crippen molar-refractivity contribution in [1.82, 2.24) is 10.3 Å². The van der Waals surface area contributed by atoms with E-state index in [-0.39, 0.29) is 28.8 Å². The number of ketones is 1. The van der Waals surface area contributed by atoms with Gasteiger partial charge in [-0.05, 0) is 28.3 Å². The van der Waals surface area contributed by atoms with Crippen LogP contribution in [0.3, 0.4) is 0 Å². The molecule has 4 aromatic carbocycles. The van der Waals surface area contributed by atoms with Gasteiger partial charge in [-0.1, -0.05) is 119 Å². The highest BCUT2D eigenvalue weighted by atomic mass is 79.9. The van der Waals surface area contributed by atoms with Crippen molar-refractivity contribution in [1.29, 1.82) is 0 Å². The minimum Gasteiger partial charge on any atom is -0.385 e. The van der Waals surface area contributed by atoms with Gasteiger partial charge >= 0.3 is 0 Å². The molecule has 6 heteroatoms. The van der Waals surface area contributed by atoms with Gasteiger partial charge in [0, 0.05) is 22.1 Å². The van der Waals surface area contributed by atoms with Crippen molar-refractivity contribution in [2.24, 2.45) is 0 Å². The first-order valence-electron chi connectivity index (χ1n) is 11.8. The number of aromatic amines is 1. The van der Waals surface area contributed by atoms with Crippen LogP contribution in [0.25, 0.3) is 22.3 Å². The van der Waals surface area contributed by atoms with E-state index in [2.05, 4.69) is 38.4 Å². The third-order valence-corrected chi connectivity index (χ3v) is 6.87. The Bertz CT molecular complexity index is 1560. The topological polar surface area (TPSA) is 88.0 Å². The average molecular weight is 550 g/mol. The second kappa shape index (κ2) is 10.7. The normalized spacial score (nSPS) is 10.7. The molecule has 4 N–H and O–H groups in total. The number of nitrogen functional groups attached to an aromatic ring is 1. The number of benzene rings is 4. The van der Waals surface area contributed by atoms with Crippen molar-refractivity contribution in [3.63, 3.8) is 0 Å². The zero-order valence-electron chi connectivity index (χ0n) is 19.9. The Morgan fingerprint density at radius 1 is 0.757 bits per heavy atom. The molecule has 0 saturated carbocycles. The minimum absolute atomic E-state index is 0.141. The molecule has 5 rings (SSSR count). The van der Waals surface area contributed by atoms with Crippen molar-refractivity contribution in [2.75, 3.05) is 5.73 Å². The van der Waals surface area contributed by atoms with Crippen LogP contribution in [0, 0.1) is 0 Å². The first kappa shape index (κ1) is 24.3. The number of nitrogens with one attached hydrogen (secondary N) is 2. The third-order valence-electron chi connectivity index (χ3n) is 6.18. The minimum atomic E-state index is -0.362. The van der Waals surface area contributed by atoms with E-state index in [0.29, 0.717) is 23.2 Å². The van der Waals surface area contributed by atoms with Crippen LogP contribution in [0.1, 0.15) is 32.0 Å². The molecular formula is C31H24BrN3O2. The van der Waals surface area contributed by atoms with E-state index in [1.54, 1.807) is 24.3 Å². The monoisotopic (exact) mass is 549 g/mol. The fraction of sp³-hybridized carbons (Fsp3) is 0.0323. The van der Waals surface area contributed by atoms with E-state index < -0.39 is 0 Å². The molecule has 0 radical (unpaired) electrons. The lowest BCUT2D eigenvalue weighted by Gasteiger charge is -2.11. The molecule has 0 atom stereocenters. The number of carbonyl (C=O) groups is 2. The van der Waals surface area contributed by atoms with Crippen molar-refractivity contribution in [3.8, 4) is 22.3 Å². The van der Waals surface area contributed by atoms with Gasteiger partial charge in [-0.15, -0.1) is 0 Å². The number of rotatable bonds is 7. The summed E-state index contributed by atoms with van der Waals surface area (Å²) in [6, 6.07) is 34.5. The van der Waals surface area contributed by atoms with Crippen LogP contribution in [0.5, 0.6) is 0 Å². The number of halogens is 1. The van der Waals surface area contributed by atoms with Crippen molar-refractivity contribution in [2.45, 2.75) is 6.54 Å². The molecule has 0 aliphatic rings. The van der Waals surface area contributed by atoms with E-state index in [0.717, 1.165) is 21.2 Å². The lowest BCUT2D eigenvalue weighted by Crippen LogP contribution is -2.24. The number of anilines is 1. The van der Waals surface area contributed by atoms with Gasteiger partial charge in [-0.25, -0.2) is 0 Å². The van der Waals surface area contributed by atoms with Gasteiger partial charge in [0.2, 0.25) is 5.78 Å². The van der Waals surface area contributed by atoms with Gasteiger partial charge in [0.1, 0.15) is 5.82 Å². The lowest BCUT2D eigenvalue weighted by molar-refractivity contribution is 0.0952. The number of amides is 1. The zero-order valence-corrected chi connectivity index (χ0v) is 21.5. The average Bonchev–Trinajstić information content (AvgIpc) is 3.29. The molecule has 0 fully saturated rings. The first-order chi connectivity index (χ1) is 18.0. The Morgan fingerprint density at radius 2 is 1.35 bits per heavy atom. The SMILES string of the molecule is Nc1[nH]c(C(=O)c2ccccc2)c(-c2ccccc2Br)c1C(=O)NCc1ccc(-c2ccccc2)cc1. The molecule has 5 aromatic rings. The second-order valence-electron chi connectivity index (χ2n) is 8.58. The van der Waals surface area contributed by atoms with Crippen LogP contribution in [-0.2, 0) is 6.54 Å². The molecule has 5 nitrogen and oxygen atoms in total. The fourth-order valence-corrected chi connectivity index (χ4v) is 4.79. The Balaban J connectivity index is 1.46. The number of H-pyrrole nitrogens is 1. The van der Waals surface area contributed by atoms with Crippen LogP contribution in [-0.4, -0.2) is 16.7 Å². The Labute approximate surface area is 223 Å². The Kier molecular flexibility index (Phi) is 7.01. The van der Waals surface area contributed by atoms with Crippen molar-refractivity contribution < 1.29 is 9.59 Å². The van der Waals surface area contributed by atoms with Crippen LogP contribution < -0.4 is 11.1 Å². The van der Waals surface area contributed by atoms with Gasteiger partial charge in [0.25, 0.3) is 5.91 Å². The van der Waals surface area contributed by atoms with E-state index in [1.807, 2.05) is 72.8 Å². The summed E-state index contributed by atoms with van der Waals surface area (Å²) in [5.41, 5.74) is 11.7. The largest absolute Gasteiger partial charge is 0.385 e. The van der Waals surface area contributed by atoms with Crippen LogP contribution >= 0.6 is 15.9 Å². The predicted molar refractivity (Wildman–Crippen MR) is 151 cm³/mol. The highest BCUT2D eigenvalue weighted by molar-refractivity contribution is 9.10. The molecule has 37 heavy (non-hydrogen) atoms. The summed E-state index contributed by atoms with van der Waals surface area (Å²) in [5, 5.41) is 2.97. The van der Waals surface area contributed by atoms with Crippen LogP contribution in [0.15, 0.2) is 114 Å². The first-order valence-corrected chi connectivity index (χ1v) is 12.6. The lowest BCUT2D eigenvalue weighted by atomic mass is 9.96. The summed E-state index contributed by atoms with van der Waals surface area (Å²) >= 11 is 3.57. The number of carbonyl (C=O) groups excluding carboxylic acids is 2. The van der Waals surface area contributed by atoms with Gasteiger partial charge < -0.3 is 16.0 Å². The smallest absolute Gasteiger partial charge is 0.255 e. The number of nitrogens with two attached hydrogens (primary N) is 1. The van der Waals surface area contributed by atoms with Crippen molar-refractivity contribution >= 4 is 33.4 Å². The predicted octanol–water partition coefficient (Wildman–Crippen LogP) is 6.85. The molecule has 0 aliphatic heterocycles. The van der Waals surface area contributed by atoms with Gasteiger partial charge in [0.15, 0.2) is 0 Å². The second-order valence-corrected chi connectivity index (χ2v) is 9.44. The maximum Gasteiger partial charge on any atom is 0.255 e. The van der Waals surface area contributed by atoms with Gasteiger partial charge in [-0.3, -0.25) is 9.59 Å². The van der Waals surface area contributed by atoms with E-state index >= 15 is 0 Å². The summed E-state index contributed by atoms with van der Waals surface area (Å²) in [6.45, 7) is 0.315. The molecule has 0 aliphatic carbocycles. The molecule has 1 heterocycles. The van der Waals surface area contributed by atoms with Crippen LogP contribution in [0.2, 0.25) is 0 Å². The standard InChI is InChI=1S/C31H24BrN3O2/c32-25-14-8-7-13-24(25)26-27(30(33)35-28(26)29(36)23-11-5-2-6-12-23)31(37)34-19-20-15-17-22(18-16-20)21-9-3-1-4-10-21/h1-18,35H,19,33H2,(H,34,37). The molecule has 182 valence electrons. The van der Waals surface area contributed by atoms with E-state index in [9.17, 15) is 9.59 Å². The number of hydrogen-bond acceptors (Lipinski definition) is 3. The van der Waals surface area contributed by atoms with Gasteiger partial charge in [-0.2, -0.15) is 0 Å². The van der Waals surface area contributed by atoms with Gasteiger partial charge in [0.05, 0.1) is 11.3 Å². The Morgan fingerprint density at radius 3 is 2.03 bits per heavy atom. The Hall–Kier alpha value is -4.42. The summed E-state index contributed by atoms with van der Waals surface area (Å²) in [5.74, 6) is -0.464. The number of aromatic nitrogens is 1. The molecule has 1 amide bonds. The summed E-state index contributed by atoms with van der Waals surface area (Å²) in [7, 11) is 0. The number of hydrogen-bond donors (Lipinski definition) is 3. The molecule has 0 saturated heterocycles. The highest BCUT2D eigenvalue weighted by Crippen LogP contribution is 2.37.